The summed E-state index contributed by atoms with van der Waals surface area (Å²) in [5.74, 6) is 6.40. The van der Waals surface area contributed by atoms with Gasteiger partial charge in [0.25, 0.3) is 5.91 Å². The van der Waals surface area contributed by atoms with Crippen molar-refractivity contribution in [2.45, 2.75) is 6.92 Å². The molecule has 1 aromatic carbocycles. The minimum Gasteiger partial charge on any atom is -0.479 e. The zero-order valence-electron chi connectivity index (χ0n) is 13.2. The molecule has 5 heteroatoms. The number of carbonyl (C=O) groups excluding carboxylic acids is 1. The first kappa shape index (κ1) is 16.0. The van der Waals surface area contributed by atoms with Gasteiger partial charge in [0, 0.05) is 11.6 Å². The molecule has 0 saturated heterocycles. The van der Waals surface area contributed by atoms with E-state index in [1.807, 2.05) is 48.7 Å². The second kappa shape index (κ2) is 7.62. The van der Waals surface area contributed by atoms with Gasteiger partial charge >= 0.3 is 0 Å². The van der Waals surface area contributed by atoms with Crippen molar-refractivity contribution in [3.05, 3.63) is 58.4 Å². The van der Waals surface area contributed by atoms with Gasteiger partial charge < -0.3 is 10.1 Å². The molecule has 0 bridgehead atoms. The van der Waals surface area contributed by atoms with Crippen molar-refractivity contribution >= 4 is 28.1 Å². The van der Waals surface area contributed by atoms with Crippen LogP contribution in [0.4, 0.5) is 0 Å². The standard InChI is InChI=1S/C19H16N2O2S/c1-14-12-17(24-13-14)19(22)21-9-2-3-11-23-16-8-4-6-15-7-5-10-20-18(15)16/h4-8,10,12-13H,9,11H2,1H3,(H,21,22). The summed E-state index contributed by atoms with van der Waals surface area (Å²) in [6.07, 6.45) is 1.74. The Morgan fingerprint density at radius 1 is 1.29 bits per heavy atom. The van der Waals surface area contributed by atoms with Gasteiger partial charge in [-0.2, -0.15) is 0 Å². The van der Waals surface area contributed by atoms with Crippen LogP contribution < -0.4 is 10.1 Å². The summed E-state index contributed by atoms with van der Waals surface area (Å²) in [6.45, 7) is 2.52. The molecule has 3 rings (SSSR count). The molecule has 1 amide bonds. The van der Waals surface area contributed by atoms with Gasteiger partial charge in [0.05, 0.1) is 11.4 Å². The number of hydrogen-bond acceptors (Lipinski definition) is 4. The third-order valence-electron chi connectivity index (χ3n) is 3.31. The summed E-state index contributed by atoms with van der Waals surface area (Å²) in [7, 11) is 0. The molecular formula is C19H16N2O2S. The first-order valence-electron chi connectivity index (χ1n) is 7.49. The van der Waals surface area contributed by atoms with E-state index < -0.39 is 0 Å². The Labute approximate surface area is 144 Å². The van der Waals surface area contributed by atoms with Crippen LogP contribution in [-0.2, 0) is 0 Å². The van der Waals surface area contributed by atoms with Crippen LogP contribution in [0.2, 0.25) is 0 Å². The lowest BCUT2D eigenvalue weighted by atomic mass is 10.2. The molecule has 2 heterocycles. The number of aryl methyl sites for hydroxylation is 1. The van der Waals surface area contributed by atoms with Gasteiger partial charge in [-0.25, -0.2) is 0 Å². The molecule has 2 aromatic heterocycles. The molecule has 0 unspecified atom stereocenters. The molecule has 1 N–H and O–H groups in total. The number of nitrogens with zero attached hydrogens (tertiary/aromatic N) is 1. The molecule has 0 radical (unpaired) electrons. The van der Waals surface area contributed by atoms with E-state index in [1.165, 1.54) is 11.3 Å². The second-order valence-corrected chi connectivity index (χ2v) is 6.06. The highest BCUT2D eigenvalue weighted by Gasteiger charge is 2.05. The second-order valence-electron chi connectivity index (χ2n) is 5.14. The summed E-state index contributed by atoms with van der Waals surface area (Å²) in [4.78, 5) is 16.9. The maximum atomic E-state index is 11.9. The van der Waals surface area contributed by atoms with Crippen LogP contribution in [-0.4, -0.2) is 24.0 Å². The van der Waals surface area contributed by atoms with E-state index in [1.54, 1.807) is 6.20 Å². The predicted molar refractivity (Wildman–Crippen MR) is 96.4 cm³/mol. The van der Waals surface area contributed by atoms with Crippen LogP contribution in [0, 0.1) is 18.8 Å². The predicted octanol–water partition coefficient (Wildman–Crippen LogP) is 3.42. The Morgan fingerprint density at radius 3 is 3.00 bits per heavy atom. The van der Waals surface area contributed by atoms with E-state index in [9.17, 15) is 4.79 Å². The first-order chi connectivity index (χ1) is 11.7. The van der Waals surface area contributed by atoms with E-state index in [-0.39, 0.29) is 12.5 Å². The van der Waals surface area contributed by atoms with Crippen molar-refractivity contribution in [1.82, 2.24) is 10.3 Å². The number of pyridine rings is 1. The van der Waals surface area contributed by atoms with Crippen LogP contribution in [0.3, 0.4) is 0 Å². The third kappa shape index (κ3) is 3.92. The summed E-state index contributed by atoms with van der Waals surface area (Å²) in [6, 6.07) is 11.5. The molecule has 4 nitrogen and oxygen atoms in total. The number of aromatic nitrogens is 1. The summed E-state index contributed by atoms with van der Waals surface area (Å²) in [5, 5.41) is 5.75. The number of carbonyl (C=O) groups is 1. The average Bonchev–Trinajstić information content (AvgIpc) is 3.04. The molecule has 0 aliphatic rings. The maximum absolute atomic E-state index is 11.9. The number of amides is 1. The monoisotopic (exact) mass is 336 g/mol. The van der Waals surface area contributed by atoms with Gasteiger partial charge in [-0.1, -0.05) is 30.0 Å². The molecule has 0 saturated carbocycles. The van der Waals surface area contributed by atoms with Crippen molar-refractivity contribution in [2.75, 3.05) is 13.2 Å². The van der Waals surface area contributed by atoms with E-state index in [0.717, 1.165) is 16.5 Å². The molecule has 0 fully saturated rings. The van der Waals surface area contributed by atoms with Crippen molar-refractivity contribution in [2.24, 2.45) is 0 Å². The zero-order valence-corrected chi connectivity index (χ0v) is 14.0. The van der Waals surface area contributed by atoms with Gasteiger partial charge in [0.1, 0.15) is 17.9 Å². The molecular weight excluding hydrogens is 320 g/mol. The number of fused-ring (bicyclic) bond motifs is 1. The lowest BCUT2D eigenvalue weighted by Crippen LogP contribution is -2.22. The van der Waals surface area contributed by atoms with Crippen LogP contribution in [0.25, 0.3) is 10.9 Å². The SMILES string of the molecule is Cc1csc(C(=O)NCC#CCOc2cccc3cccnc23)c1. The van der Waals surface area contributed by atoms with Crippen molar-refractivity contribution in [3.8, 4) is 17.6 Å². The van der Waals surface area contributed by atoms with Crippen molar-refractivity contribution in [1.29, 1.82) is 0 Å². The Morgan fingerprint density at radius 2 is 2.17 bits per heavy atom. The van der Waals surface area contributed by atoms with E-state index in [2.05, 4.69) is 22.1 Å². The topological polar surface area (TPSA) is 51.2 Å². The highest BCUT2D eigenvalue weighted by atomic mass is 32.1. The smallest absolute Gasteiger partial charge is 0.262 e. The Bertz CT molecular complexity index is 916. The highest BCUT2D eigenvalue weighted by molar-refractivity contribution is 7.12. The van der Waals surface area contributed by atoms with E-state index >= 15 is 0 Å². The lowest BCUT2D eigenvalue weighted by Gasteiger charge is -2.05. The van der Waals surface area contributed by atoms with Gasteiger partial charge in [-0.15, -0.1) is 11.3 Å². The summed E-state index contributed by atoms with van der Waals surface area (Å²) in [5.41, 5.74) is 1.91. The van der Waals surface area contributed by atoms with Crippen LogP contribution >= 0.6 is 11.3 Å². The zero-order chi connectivity index (χ0) is 16.8. The molecule has 0 atom stereocenters. The minimum atomic E-state index is -0.0958. The fraction of sp³-hybridized carbons (Fsp3) is 0.158. The van der Waals surface area contributed by atoms with Crippen LogP contribution in [0.5, 0.6) is 5.75 Å². The molecule has 24 heavy (non-hydrogen) atoms. The number of thiophene rings is 1. The minimum absolute atomic E-state index is 0.0958. The van der Waals surface area contributed by atoms with E-state index in [0.29, 0.717) is 17.2 Å². The van der Waals surface area contributed by atoms with Crippen LogP contribution in [0.15, 0.2) is 48.0 Å². The molecule has 0 aliphatic carbocycles. The summed E-state index contributed by atoms with van der Waals surface area (Å²) < 4.78 is 5.67. The Balaban J connectivity index is 1.50. The van der Waals surface area contributed by atoms with Crippen molar-refractivity contribution in [3.63, 3.8) is 0 Å². The fourth-order valence-corrected chi connectivity index (χ4v) is 3.00. The maximum Gasteiger partial charge on any atom is 0.262 e. The number of benzene rings is 1. The molecule has 3 aromatic rings. The number of nitrogens with one attached hydrogen (secondary N) is 1. The largest absolute Gasteiger partial charge is 0.479 e. The molecule has 0 spiro atoms. The number of hydrogen-bond donors (Lipinski definition) is 1. The Kier molecular flexibility index (Phi) is 5.09. The molecule has 120 valence electrons. The quantitative estimate of drug-likeness (QED) is 0.743. The van der Waals surface area contributed by atoms with Gasteiger partial charge in [0.2, 0.25) is 0 Å². The van der Waals surface area contributed by atoms with Gasteiger partial charge in [-0.3, -0.25) is 9.78 Å². The Hall–Kier alpha value is -2.84. The average molecular weight is 336 g/mol. The first-order valence-corrected chi connectivity index (χ1v) is 8.37. The van der Waals surface area contributed by atoms with Gasteiger partial charge in [-0.05, 0) is 36.1 Å². The summed E-state index contributed by atoms with van der Waals surface area (Å²) >= 11 is 1.43. The number of rotatable bonds is 4. The highest BCUT2D eigenvalue weighted by Crippen LogP contribution is 2.22. The van der Waals surface area contributed by atoms with Crippen LogP contribution in [0.1, 0.15) is 15.2 Å². The fourth-order valence-electron chi connectivity index (χ4n) is 2.18. The third-order valence-corrected chi connectivity index (χ3v) is 4.36. The normalized spacial score (nSPS) is 10.0. The number of ether oxygens (including phenoxy) is 1. The number of para-hydroxylation sites is 1. The van der Waals surface area contributed by atoms with Gasteiger partial charge in [0.15, 0.2) is 0 Å². The van der Waals surface area contributed by atoms with Crippen molar-refractivity contribution < 1.29 is 9.53 Å². The van der Waals surface area contributed by atoms with E-state index in [4.69, 9.17) is 4.74 Å². The lowest BCUT2D eigenvalue weighted by molar-refractivity contribution is 0.0962. The molecule has 0 aliphatic heterocycles.